The summed E-state index contributed by atoms with van der Waals surface area (Å²) in [5.41, 5.74) is 7.02. The monoisotopic (exact) mass is 475 g/mol. The van der Waals surface area contributed by atoms with Gasteiger partial charge in [-0.1, -0.05) is 6.08 Å². The summed E-state index contributed by atoms with van der Waals surface area (Å²) < 4.78 is 45.7. The van der Waals surface area contributed by atoms with Gasteiger partial charge in [0.1, 0.15) is 11.4 Å². The van der Waals surface area contributed by atoms with Crippen LogP contribution in [0.3, 0.4) is 0 Å². The first-order chi connectivity index (χ1) is 16.1. The number of carbonyl (C=O) groups is 1. The van der Waals surface area contributed by atoms with Crippen molar-refractivity contribution < 1.29 is 22.7 Å². The minimum Gasteiger partial charge on any atom is -0.423 e. The Bertz CT molecular complexity index is 1080. The Morgan fingerprint density at radius 3 is 2.53 bits per heavy atom. The summed E-state index contributed by atoms with van der Waals surface area (Å²) in [5.74, 6) is 0.0689. The van der Waals surface area contributed by atoms with Gasteiger partial charge in [-0.25, -0.2) is 4.99 Å². The zero-order valence-corrected chi connectivity index (χ0v) is 19.4. The Balaban J connectivity index is 2.17. The molecule has 1 aromatic carbocycles. The molecule has 0 spiro atoms. The van der Waals surface area contributed by atoms with E-state index in [1.165, 1.54) is 20.0 Å². The zero-order chi connectivity index (χ0) is 25.0. The third-order valence-corrected chi connectivity index (χ3v) is 5.66. The quantitative estimate of drug-likeness (QED) is 0.489. The van der Waals surface area contributed by atoms with E-state index in [4.69, 9.17) is 10.5 Å². The molecule has 34 heavy (non-hydrogen) atoms. The van der Waals surface area contributed by atoms with Gasteiger partial charge in [0.2, 0.25) is 5.91 Å². The maximum atomic E-state index is 13.3. The van der Waals surface area contributed by atoms with Crippen LogP contribution in [0.2, 0.25) is 0 Å². The Morgan fingerprint density at radius 1 is 1.29 bits per heavy atom. The van der Waals surface area contributed by atoms with Crippen molar-refractivity contribution in [3.05, 3.63) is 41.2 Å². The van der Waals surface area contributed by atoms with Crippen LogP contribution in [0, 0.1) is 0 Å². The van der Waals surface area contributed by atoms with Crippen molar-refractivity contribution in [2.75, 3.05) is 4.90 Å². The second-order valence-electron chi connectivity index (χ2n) is 8.17. The SMILES string of the molecule is C=NC(=N/C(=C\C)C(F)(F)F)Oc1c(C(C=NC2CC2)=CN)ccc2c1CCC(C)N2C(C)=O. The largest absolute Gasteiger partial charge is 0.433 e. The van der Waals surface area contributed by atoms with Gasteiger partial charge in [0.05, 0.1) is 11.7 Å². The molecule has 1 heterocycles. The lowest BCUT2D eigenvalue weighted by Gasteiger charge is -2.35. The van der Waals surface area contributed by atoms with Crippen LogP contribution in [0.15, 0.2) is 45.1 Å². The summed E-state index contributed by atoms with van der Waals surface area (Å²) in [4.78, 5) is 25.6. The van der Waals surface area contributed by atoms with Crippen molar-refractivity contribution in [2.45, 2.75) is 64.7 Å². The number of ether oxygens (including phenoxy) is 1. The molecular formula is C24H28F3N5O2. The van der Waals surface area contributed by atoms with Gasteiger partial charge in [-0.2, -0.15) is 18.2 Å². The predicted molar refractivity (Wildman–Crippen MR) is 128 cm³/mol. The second kappa shape index (κ2) is 10.2. The van der Waals surface area contributed by atoms with E-state index in [2.05, 4.69) is 21.7 Å². The highest BCUT2D eigenvalue weighted by Gasteiger charge is 2.35. The summed E-state index contributed by atoms with van der Waals surface area (Å²) in [6.07, 6.45) is 2.28. The number of rotatable bonds is 5. The van der Waals surface area contributed by atoms with E-state index in [0.717, 1.165) is 18.9 Å². The molecule has 0 radical (unpaired) electrons. The molecule has 1 aliphatic carbocycles. The van der Waals surface area contributed by atoms with Crippen LogP contribution in [0.1, 0.15) is 51.2 Å². The van der Waals surface area contributed by atoms with Crippen LogP contribution >= 0.6 is 0 Å². The van der Waals surface area contributed by atoms with Crippen LogP contribution in [-0.4, -0.2) is 43.1 Å². The molecule has 3 rings (SSSR count). The number of alkyl halides is 3. The smallest absolute Gasteiger partial charge is 0.423 e. The number of nitrogens with zero attached hydrogens (tertiary/aromatic N) is 4. The maximum Gasteiger partial charge on any atom is 0.433 e. The Hall–Kier alpha value is -3.43. The van der Waals surface area contributed by atoms with Crippen molar-refractivity contribution in [2.24, 2.45) is 20.7 Å². The van der Waals surface area contributed by atoms with Gasteiger partial charge in [0.25, 0.3) is 0 Å². The average Bonchev–Trinajstić information content (AvgIpc) is 3.60. The van der Waals surface area contributed by atoms with Gasteiger partial charge in [-0.3, -0.25) is 9.79 Å². The molecule has 1 fully saturated rings. The lowest BCUT2D eigenvalue weighted by molar-refractivity contribution is -0.117. The lowest BCUT2D eigenvalue weighted by atomic mass is 9.92. The summed E-state index contributed by atoms with van der Waals surface area (Å²) in [6.45, 7) is 7.95. The fourth-order valence-electron chi connectivity index (χ4n) is 3.82. The molecule has 1 saturated carbocycles. The van der Waals surface area contributed by atoms with Crippen molar-refractivity contribution in [3.63, 3.8) is 0 Å². The molecule has 1 atom stereocenters. The summed E-state index contributed by atoms with van der Waals surface area (Å²) in [7, 11) is 0. The molecule has 182 valence electrons. The molecule has 0 aromatic heterocycles. The Labute approximate surface area is 196 Å². The second-order valence-corrected chi connectivity index (χ2v) is 8.17. The number of amides is 1. The lowest BCUT2D eigenvalue weighted by Crippen LogP contribution is -2.41. The first-order valence-electron chi connectivity index (χ1n) is 11.0. The first-order valence-corrected chi connectivity index (χ1v) is 11.0. The van der Waals surface area contributed by atoms with Crippen molar-refractivity contribution in [1.29, 1.82) is 0 Å². The molecule has 1 unspecified atom stereocenters. The standard InChI is InChI=1S/C24H28F3N5O2/c1-5-21(24(25,26)27)31-23(29-4)34-22-18(16(12-28)13-30-17-7-8-17)10-11-20-19(22)9-6-14(2)32(20)15(3)33/h5,10-14,17H,4,6-9,28H2,1-3H3/b16-12?,21-5-,30-13?,31-23?. The number of allylic oxidation sites excluding steroid dienone is 3. The van der Waals surface area contributed by atoms with Crippen molar-refractivity contribution in [1.82, 2.24) is 0 Å². The van der Waals surface area contributed by atoms with Gasteiger partial charge in [0.15, 0.2) is 0 Å². The number of hydrogen-bond acceptors (Lipinski definition) is 5. The normalized spacial score (nSPS) is 19.9. The third-order valence-electron chi connectivity index (χ3n) is 5.66. The number of amidine groups is 1. The Morgan fingerprint density at radius 2 is 2.00 bits per heavy atom. The topological polar surface area (TPSA) is 92.6 Å². The highest BCUT2D eigenvalue weighted by molar-refractivity contribution is 6.11. The minimum atomic E-state index is -4.69. The van der Waals surface area contributed by atoms with Gasteiger partial charge in [0, 0.05) is 42.1 Å². The van der Waals surface area contributed by atoms with E-state index < -0.39 is 17.9 Å². The van der Waals surface area contributed by atoms with E-state index in [1.54, 1.807) is 23.2 Å². The first kappa shape index (κ1) is 25.2. The van der Waals surface area contributed by atoms with Gasteiger partial charge < -0.3 is 15.4 Å². The fraction of sp³-hybridized carbons (Fsp3) is 0.417. The highest BCUT2D eigenvalue weighted by Crippen LogP contribution is 2.41. The zero-order valence-electron chi connectivity index (χ0n) is 19.4. The molecule has 7 nitrogen and oxygen atoms in total. The maximum absolute atomic E-state index is 13.3. The summed E-state index contributed by atoms with van der Waals surface area (Å²) in [6, 6.07) is 3.12. The molecule has 10 heteroatoms. The fourth-order valence-corrected chi connectivity index (χ4v) is 3.82. The number of fused-ring (bicyclic) bond motifs is 1. The number of halogens is 3. The predicted octanol–water partition coefficient (Wildman–Crippen LogP) is 4.81. The van der Waals surface area contributed by atoms with Crippen LogP contribution in [0.5, 0.6) is 5.75 Å². The molecule has 0 saturated heterocycles. The summed E-state index contributed by atoms with van der Waals surface area (Å²) >= 11 is 0. The number of nitrogens with two attached hydrogens (primary N) is 1. The molecule has 2 aliphatic rings. The van der Waals surface area contributed by atoms with E-state index in [1.807, 2.05) is 6.92 Å². The Kier molecular flexibility index (Phi) is 7.58. The molecule has 1 amide bonds. The van der Waals surface area contributed by atoms with Crippen LogP contribution in [0.4, 0.5) is 18.9 Å². The number of hydrogen-bond donors (Lipinski definition) is 1. The number of aliphatic imine (C=N–C) groups is 3. The van der Waals surface area contributed by atoms with E-state index >= 15 is 0 Å². The van der Waals surface area contributed by atoms with Gasteiger partial charge in [-0.15, -0.1) is 0 Å². The van der Waals surface area contributed by atoms with Crippen molar-refractivity contribution in [3.8, 4) is 5.75 Å². The molecule has 1 aliphatic heterocycles. The number of carbonyl (C=O) groups excluding carboxylic acids is 1. The minimum absolute atomic E-state index is 0.0461. The summed E-state index contributed by atoms with van der Waals surface area (Å²) in [5, 5.41) is 0. The number of benzene rings is 1. The molecule has 1 aromatic rings. The van der Waals surface area contributed by atoms with Crippen LogP contribution in [-0.2, 0) is 11.2 Å². The van der Waals surface area contributed by atoms with Crippen LogP contribution < -0.4 is 15.4 Å². The molecule has 2 N–H and O–H groups in total. The third kappa shape index (κ3) is 5.55. The van der Waals surface area contributed by atoms with E-state index in [9.17, 15) is 18.0 Å². The van der Waals surface area contributed by atoms with Crippen LogP contribution in [0.25, 0.3) is 5.57 Å². The van der Waals surface area contributed by atoms with Gasteiger partial charge >= 0.3 is 12.2 Å². The van der Waals surface area contributed by atoms with E-state index in [0.29, 0.717) is 35.2 Å². The van der Waals surface area contributed by atoms with Crippen molar-refractivity contribution >= 4 is 36.1 Å². The average molecular weight is 476 g/mol. The number of anilines is 1. The molecular weight excluding hydrogens is 447 g/mol. The highest BCUT2D eigenvalue weighted by atomic mass is 19.4. The molecule has 0 bridgehead atoms. The van der Waals surface area contributed by atoms with E-state index in [-0.39, 0.29) is 23.7 Å². The van der Waals surface area contributed by atoms with Gasteiger partial charge in [-0.05, 0) is 58.4 Å².